The van der Waals surface area contributed by atoms with E-state index in [9.17, 15) is 8.42 Å². The van der Waals surface area contributed by atoms with Crippen LogP contribution in [0.15, 0.2) is 29.4 Å². The van der Waals surface area contributed by atoms with Crippen LogP contribution < -0.4 is 10.5 Å². The monoisotopic (exact) mass is 271 g/mol. The highest BCUT2D eigenvalue weighted by atomic mass is 32.2. The number of nitrogens with two attached hydrogens (primary N) is 1. The van der Waals surface area contributed by atoms with Gasteiger partial charge >= 0.3 is 0 Å². The van der Waals surface area contributed by atoms with E-state index < -0.39 is 10.0 Å². The first-order valence-electron chi connectivity index (χ1n) is 5.90. The Bertz CT molecular complexity index is 466. The maximum atomic E-state index is 12.2. The van der Waals surface area contributed by atoms with Crippen LogP contribution in [0.1, 0.15) is 27.2 Å². The Balaban J connectivity index is 2.94. The molecule has 3 N–H and O–H groups in total. The van der Waals surface area contributed by atoms with Crippen LogP contribution in [-0.4, -0.2) is 26.0 Å². The lowest BCUT2D eigenvalue weighted by Crippen LogP contribution is -2.44. The van der Waals surface area contributed by atoms with Crippen LogP contribution >= 0.6 is 0 Å². The Kier molecular flexibility index (Phi) is 4.84. The van der Waals surface area contributed by atoms with E-state index in [0.29, 0.717) is 13.0 Å². The molecule has 0 aromatic carbocycles. The average Bonchev–Trinajstić information content (AvgIpc) is 2.28. The van der Waals surface area contributed by atoms with Gasteiger partial charge < -0.3 is 5.73 Å². The van der Waals surface area contributed by atoms with Crippen molar-refractivity contribution >= 4 is 10.0 Å². The fourth-order valence-corrected chi connectivity index (χ4v) is 3.04. The fraction of sp³-hybridized carbons (Fsp3) is 0.583. The molecule has 1 unspecified atom stereocenters. The number of nitrogens with zero attached hydrogens (tertiary/aromatic N) is 1. The van der Waals surface area contributed by atoms with Crippen molar-refractivity contribution in [2.45, 2.75) is 38.1 Å². The summed E-state index contributed by atoms with van der Waals surface area (Å²) in [6, 6.07) is 2.92. The summed E-state index contributed by atoms with van der Waals surface area (Å²) in [6.45, 7) is 6.40. The standard InChI is InChI=1S/C12H21N3O2S/c1-12(2,3)11(6-7-13)15-18(16,17)10-5-4-8-14-9-10/h4-5,8-9,11,15H,6-7,13H2,1-3H3. The molecular formula is C12H21N3O2S. The molecule has 0 amide bonds. The molecule has 1 heterocycles. The summed E-state index contributed by atoms with van der Waals surface area (Å²) in [6.07, 6.45) is 3.48. The van der Waals surface area contributed by atoms with Gasteiger partial charge in [0.2, 0.25) is 10.0 Å². The van der Waals surface area contributed by atoms with Crippen LogP contribution in [-0.2, 0) is 10.0 Å². The van der Waals surface area contributed by atoms with Gasteiger partial charge in [-0.15, -0.1) is 0 Å². The van der Waals surface area contributed by atoms with Gasteiger partial charge in [-0.05, 0) is 30.5 Å². The summed E-state index contributed by atoms with van der Waals surface area (Å²) >= 11 is 0. The van der Waals surface area contributed by atoms with Crippen LogP contribution in [0.4, 0.5) is 0 Å². The van der Waals surface area contributed by atoms with Gasteiger partial charge in [0.25, 0.3) is 0 Å². The van der Waals surface area contributed by atoms with E-state index in [0.717, 1.165) is 0 Å². The molecule has 102 valence electrons. The lowest BCUT2D eigenvalue weighted by Gasteiger charge is -2.30. The first-order valence-corrected chi connectivity index (χ1v) is 7.38. The van der Waals surface area contributed by atoms with Crippen LogP contribution in [0.5, 0.6) is 0 Å². The zero-order chi connectivity index (χ0) is 13.8. The van der Waals surface area contributed by atoms with Gasteiger partial charge in [0.1, 0.15) is 4.90 Å². The number of aromatic nitrogens is 1. The molecular weight excluding hydrogens is 250 g/mol. The SMILES string of the molecule is CC(C)(C)C(CCN)NS(=O)(=O)c1cccnc1. The molecule has 5 nitrogen and oxygen atoms in total. The maximum absolute atomic E-state index is 12.2. The summed E-state index contributed by atoms with van der Waals surface area (Å²) in [5.41, 5.74) is 5.35. The minimum Gasteiger partial charge on any atom is -0.330 e. The third-order valence-electron chi connectivity index (χ3n) is 2.74. The first-order chi connectivity index (χ1) is 8.27. The molecule has 18 heavy (non-hydrogen) atoms. The Hall–Kier alpha value is -0.980. The molecule has 0 bridgehead atoms. The molecule has 0 saturated carbocycles. The largest absolute Gasteiger partial charge is 0.330 e. The van der Waals surface area contributed by atoms with Crippen molar-refractivity contribution in [2.24, 2.45) is 11.1 Å². The second-order valence-electron chi connectivity index (χ2n) is 5.31. The van der Waals surface area contributed by atoms with E-state index in [1.54, 1.807) is 12.3 Å². The van der Waals surface area contributed by atoms with Crippen LogP contribution in [0, 0.1) is 5.41 Å². The lowest BCUT2D eigenvalue weighted by molar-refractivity contribution is 0.287. The van der Waals surface area contributed by atoms with Gasteiger partial charge in [0, 0.05) is 18.4 Å². The fourth-order valence-electron chi connectivity index (χ4n) is 1.60. The Morgan fingerprint density at radius 1 is 1.44 bits per heavy atom. The molecule has 1 rings (SSSR count). The number of hydrogen-bond donors (Lipinski definition) is 2. The number of pyridine rings is 1. The van der Waals surface area contributed by atoms with E-state index in [2.05, 4.69) is 9.71 Å². The first kappa shape index (κ1) is 15.1. The summed E-state index contributed by atoms with van der Waals surface area (Å²) < 4.78 is 27.0. The lowest BCUT2D eigenvalue weighted by atomic mass is 9.85. The van der Waals surface area contributed by atoms with Gasteiger partial charge in [0.15, 0.2) is 0 Å². The smallest absolute Gasteiger partial charge is 0.242 e. The highest BCUT2D eigenvalue weighted by Gasteiger charge is 2.28. The van der Waals surface area contributed by atoms with Crippen molar-refractivity contribution in [1.29, 1.82) is 0 Å². The van der Waals surface area contributed by atoms with E-state index in [1.165, 1.54) is 12.3 Å². The van der Waals surface area contributed by atoms with Crippen molar-refractivity contribution in [3.05, 3.63) is 24.5 Å². The van der Waals surface area contributed by atoms with Crippen molar-refractivity contribution in [2.75, 3.05) is 6.54 Å². The van der Waals surface area contributed by atoms with E-state index in [1.807, 2.05) is 20.8 Å². The van der Waals surface area contributed by atoms with Crippen molar-refractivity contribution in [3.8, 4) is 0 Å². The molecule has 0 aliphatic heterocycles. The van der Waals surface area contributed by atoms with Gasteiger partial charge in [-0.1, -0.05) is 20.8 Å². The van der Waals surface area contributed by atoms with E-state index in [-0.39, 0.29) is 16.4 Å². The van der Waals surface area contributed by atoms with Crippen LogP contribution in [0.3, 0.4) is 0 Å². The minimum atomic E-state index is -3.53. The van der Waals surface area contributed by atoms with Crippen LogP contribution in [0.2, 0.25) is 0 Å². The van der Waals surface area contributed by atoms with Crippen molar-refractivity contribution in [3.63, 3.8) is 0 Å². The quantitative estimate of drug-likeness (QED) is 0.840. The Labute approximate surface area is 109 Å². The molecule has 0 fully saturated rings. The second kappa shape index (κ2) is 5.77. The molecule has 0 saturated heterocycles. The summed E-state index contributed by atoms with van der Waals surface area (Å²) in [7, 11) is -3.53. The normalized spacial score (nSPS) is 14.4. The zero-order valence-electron chi connectivity index (χ0n) is 11.1. The number of hydrogen-bond acceptors (Lipinski definition) is 4. The minimum absolute atomic E-state index is 0.177. The molecule has 1 aromatic heterocycles. The molecule has 0 radical (unpaired) electrons. The Morgan fingerprint density at radius 3 is 2.56 bits per heavy atom. The second-order valence-corrected chi connectivity index (χ2v) is 7.02. The van der Waals surface area contributed by atoms with E-state index in [4.69, 9.17) is 5.73 Å². The summed E-state index contributed by atoms with van der Waals surface area (Å²) in [4.78, 5) is 4.00. The number of sulfonamides is 1. The third kappa shape index (κ3) is 4.04. The van der Waals surface area contributed by atoms with Gasteiger partial charge in [0.05, 0.1) is 0 Å². The van der Waals surface area contributed by atoms with Crippen molar-refractivity contribution in [1.82, 2.24) is 9.71 Å². The maximum Gasteiger partial charge on any atom is 0.242 e. The van der Waals surface area contributed by atoms with Gasteiger partial charge in [-0.25, -0.2) is 13.1 Å². The predicted molar refractivity (Wildman–Crippen MR) is 71.5 cm³/mol. The molecule has 0 aliphatic carbocycles. The topological polar surface area (TPSA) is 85.1 Å². The molecule has 0 spiro atoms. The number of nitrogens with one attached hydrogen (secondary N) is 1. The van der Waals surface area contributed by atoms with Gasteiger partial charge in [-0.3, -0.25) is 4.98 Å². The van der Waals surface area contributed by atoms with Crippen LogP contribution in [0.25, 0.3) is 0 Å². The van der Waals surface area contributed by atoms with Gasteiger partial charge in [-0.2, -0.15) is 0 Å². The summed E-state index contributed by atoms with van der Waals surface area (Å²) in [5, 5.41) is 0. The molecule has 1 atom stereocenters. The summed E-state index contributed by atoms with van der Waals surface area (Å²) in [5.74, 6) is 0. The molecule has 0 aliphatic rings. The molecule has 6 heteroatoms. The highest BCUT2D eigenvalue weighted by molar-refractivity contribution is 7.89. The molecule has 1 aromatic rings. The van der Waals surface area contributed by atoms with E-state index >= 15 is 0 Å². The predicted octanol–water partition coefficient (Wildman–Crippen LogP) is 1.12. The zero-order valence-corrected chi connectivity index (χ0v) is 11.9. The average molecular weight is 271 g/mol. The number of rotatable bonds is 5. The van der Waals surface area contributed by atoms with Crippen molar-refractivity contribution < 1.29 is 8.42 Å². The highest BCUT2D eigenvalue weighted by Crippen LogP contribution is 2.23. The third-order valence-corrected chi connectivity index (χ3v) is 4.20. The Morgan fingerprint density at radius 2 is 2.11 bits per heavy atom.